The smallest absolute Gasteiger partial charge is 0.256 e. The van der Waals surface area contributed by atoms with Gasteiger partial charge in [0.25, 0.3) is 5.91 Å². The molecule has 0 saturated heterocycles. The molecule has 3 aromatic rings. The first-order valence-corrected chi connectivity index (χ1v) is 10.8. The Morgan fingerprint density at radius 1 is 1.03 bits per heavy atom. The van der Waals surface area contributed by atoms with Crippen molar-refractivity contribution in [2.45, 2.75) is 45.2 Å². The number of rotatable bonds is 3. The Hall–Kier alpha value is -2.94. The molecule has 2 heterocycles. The lowest BCUT2D eigenvalue weighted by atomic mass is 9.81. The largest absolute Gasteiger partial charge is 0.312 e. The van der Waals surface area contributed by atoms with Gasteiger partial charge in [-0.2, -0.15) is 5.26 Å². The second kappa shape index (κ2) is 7.39. The van der Waals surface area contributed by atoms with Gasteiger partial charge in [0.05, 0.1) is 5.56 Å². The lowest BCUT2D eigenvalue weighted by Gasteiger charge is -2.42. The molecule has 2 N–H and O–H groups in total. The highest BCUT2D eigenvalue weighted by Gasteiger charge is 2.40. The highest BCUT2D eigenvalue weighted by molar-refractivity contribution is 7.17. The fourth-order valence-corrected chi connectivity index (χ4v) is 5.58. The Balaban J connectivity index is 1.62. The number of thiophene rings is 1. The van der Waals surface area contributed by atoms with Crippen molar-refractivity contribution in [3.05, 3.63) is 76.2 Å². The number of nitrogens with one attached hydrogen (secondary N) is 2. The number of carbonyl (C=O) groups is 1. The molecule has 1 aliphatic rings. The van der Waals surface area contributed by atoms with E-state index in [1.807, 2.05) is 54.6 Å². The van der Waals surface area contributed by atoms with Crippen LogP contribution in [0.1, 0.15) is 54.1 Å². The number of anilines is 1. The molecule has 0 radical (unpaired) electrons. The van der Waals surface area contributed by atoms with Gasteiger partial charge in [0, 0.05) is 21.5 Å². The molecular formula is C25H25N3OS. The molecular weight excluding hydrogens is 390 g/mol. The average Bonchev–Trinajstić information content (AvgIpc) is 3.05. The minimum absolute atomic E-state index is 0.113. The molecule has 0 saturated carbocycles. The van der Waals surface area contributed by atoms with Gasteiger partial charge in [-0.1, -0.05) is 42.5 Å². The van der Waals surface area contributed by atoms with Gasteiger partial charge < -0.3 is 10.6 Å². The number of carbonyl (C=O) groups excluding carboxylic acids is 1. The number of benzene rings is 2. The third-order valence-corrected chi connectivity index (χ3v) is 6.91. The highest BCUT2D eigenvalue weighted by Crippen LogP contribution is 2.44. The van der Waals surface area contributed by atoms with Crippen LogP contribution in [0.2, 0.25) is 0 Å². The number of hydrogen-bond donors (Lipinski definition) is 2. The molecule has 1 aliphatic heterocycles. The molecule has 1 amide bonds. The summed E-state index contributed by atoms with van der Waals surface area (Å²) < 4.78 is 0. The number of nitrogens with zero attached hydrogens (tertiary/aromatic N) is 1. The SMILES string of the molecule is CC1(C)Cc2c(sc(NC(=O)c3ccc(-c4ccccc4)cc3)c2C#N)C(C)(C)N1. The molecule has 30 heavy (non-hydrogen) atoms. The second-order valence-corrected chi connectivity index (χ2v) is 9.95. The van der Waals surface area contributed by atoms with Crippen LogP contribution in [0.15, 0.2) is 54.6 Å². The van der Waals surface area contributed by atoms with Crippen LogP contribution in [0.25, 0.3) is 11.1 Å². The Morgan fingerprint density at radius 2 is 1.67 bits per heavy atom. The lowest BCUT2D eigenvalue weighted by Crippen LogP contribution is -2.54. The van der Waals surface area contributed by atoms with Gasteiger partial charge in [-0.3, -0.25) is 4.79 Å². The highest BCUT2D eigenvalue weighted by atomic mass is 32.1. The van der Waals surface area contributed by atoms with Crippen LogP contribution in [0.4, 0.5) is 5.00 Å². The van der Waals surface area contributed by atoms with Gasteiger partial charge >= 0.3 is 0 Å². The van der Waals surface area contributed by atoms with Crippen LogP contribution in [-0.2, 0) is 12.0 Å². The number of amides is 1. The standard InChI is InChI=1S/C25H25N3OS/c1-24(2)14-19-20(15-26)23(30-21(19)25(3,4)28-24)27-22(29)18-12-10-17(11-13-18)16-8-6-5-7-9-16/h5-13,28H,14H2,1-4H3,(H,27,29). The van der Waals surface area contributed by atoms with Crippen LogP contribution >= 0.6 is 11.3 Å². The average molecular weight is 416 g/mol. The van der Waals surface area contributed by atoms with E-state index in [0.29, 0.717) is 16.1 Å². The quantitative estimate of drug-likeness (QED) is 0.577. The summed E-state index contributed by atoms with van der Waals surface area (Å²) in [6.07, 6.45) is 0.757. The Kier molecular flexibility index (Phi) is 5.01. The Bertz CT molecular complexity index is 1140. The molecule has 0 aliphatic carbocycles. The fraction of sp³-hybridized carbons (Fsp3) is 0.280. The van der Waals surface area contributed by atoms with Crippen molar-refractivity contribution in [2.24, 2.45) is 0 Å². The van der Waals surface area contributed by atoms with E-state index in [-0.39, 0.29) is 17.0 Å². The van der Waals surface area contributed by atoms with E-state index in [1.54, 1.807) is 0 Å². The van der Waals surface area contributed by atoms with Crippen molar-refractivity contribution in [3.63, 3.8) is 0 Å². The summed E-state index contributed by atoms with van der Waals surface area (Å²) in [6, 6.07) is 19.9. The minimum Gasteiger partial charge on any atom is -0.312 e. The predicted molar refractivity (Wildman–Crippen MR) is 123 cm³/mol. The lowest BCUT2D eigenvalue weighted by molar-refractivity contribution is 0.102. The summed E-state index contributed by atoms with van der Waals surface area (Å²) in [7, 11) is 0. The molecule has 152 valence electrons. The van der Waals surface area contributed by atoms with E-state index in [2.05, 4.69) is 44.4 Å². The van der Waals surface area contributed by atoms with E-state index >= 15 is 0 Å². The summed E-state index contributed by atoms with van der Waals surface area (Å²) in [5, 5.41) is 17.1. The topological polar surface area (TPSA) is 64.9 Å². The van der Waals surface area contributed by atoms with Crippen molar-refractivity contribution in [1.29, 1.82) is 5.26 Å². The zero-order chi connectivity index (χ0) is 21.5. The maximum atomic E-state index is 12.9. The molecule has 0 spiro atoms. The van der Waals surface area contributed by atoms with Crippen molar-refractivity contribution < 1.29 is 4.79 Å². The second-order valence-electron chi connectivity index (χ2n) is 8.93. The molecule has 1 aromatic heterocycles. The summed E-state index contributed by atoms with van der Waals surface area (Å²) >= 11 is 1.50. The number of nitriles is 1. The molecule has 0 unspecified atom stereocenters. The first-order chi connectivity index (χ1) is 14.2. The first kappa shape index (κ1) is 20.3. The zero-order valence-electron chi connectivity index (χ0n) is 17.7. The molecule has 4 rings (SSSR count). The summed E-state index contributed by atoms with van der Waals surface area (Å²) in [6.45, 7) is 8.53. The van der Waals surface area contributed by atoms with Gasteiger partial charge in [0.2, 0.25) is 0 Å². The van der Waals surface area contributed by atoms with Gasteiger partial charge in [-0.25, -0.2) is 0 Å². The normalized spacial score (nSPS) is 16.4. The zero-order valence-corrected chi connectivity index (χ0v) is 18.5. The van der Waals surface area contributed by atoms with Crippen LogP contribution in [0, 0.1) is 11.3 Å². The number of hydrogen-bond acceptors (Lipinski definition) is 4. The summed E-state index contributed by atoms with van der Waals surface area (Å²) in [4.78, 5) is 14.0. The van der Waals surface area contributed by atoms with E-state index in [1.165, 1.54) is 11.3 Å². The third kappa shape index (κ3) is 3.77. The van der Waals surface area contributed by atoms with E-state index in [0.717, 1.165) is 28.0 Å². The van der Waals surface area contributed by atoms with Crippen LogP contribution < -0.4 is 10.6 Å². The van der Waals surface area contributed by atoms with Crippen molar-refractivity contribution >= 4 is 22.2 Å². The Labute approximate surface area is 181 Å². The summed E-state index contributed by atoms with van der Waals surface area (Å²) in [5.41, 5.74) is 4.01. The molecule has 5 heteroatoms. The van der Waals surface area contributed by atoms with E-state index in [9.17, 15) is 10.1 Å². The number of fused-ring (bicyclic) bond motifs is 1. The molecule has 0 fully saturated rings. The van der Waals surface area contributed by atoms with Gasteiger partial charge in [-0.05, 0) is 62.9 Å². The monoisotopic (exact) mass is 415 g/mol. The van der Waals surface area contributed by atoms with Crippen LogP contribution in [0.5, 0.6) is 0 Å². The van der Waals surface area contributed by atoms with Crippen LogP contribution in [-0.4, -0.2) is 11.4 Å². The van der Waals surface area contributed by atoms with Crippen LogP contribution in [0.3, 0.4) is 0 Å². The third-order valence-electron chi connectivity index (χ3n) is 5.44. The first-order valence-electron chi connectivity index (χ1n) is 10.0. The van der Waals surface area contributed by atoms with Gasteiger partial charge in [-0.15, -0.1) is 11.3 Å². The van der Waals surface area contributed by atoms with E-state index < -0.39 is 0 Å². The molecule has 4 nitrogen and oxygen atoms in total. The minimum atomic E-state index is -0.256. The van der Waals surface area contributed by atoms with Gasteiger partial charge in [0.1, 0.15) is 11.1 Å². The van der Waals surface area contributed by atoms with E-state index in [4.69, 9.17) is 0 Å². The van der Waals surface area contributed by atoms with Crippen molar-refractivity contribution in [3.8, 4) is 17.2 Å². The maximum Gasteiger partial charge on any atom is 0.256 e. The Morgan fingerprint density at radius 3 is 2.30 bits per heavy atom. The van der Waals surface area contributed by atoms with Gasteiger partial charge in [0.15, 0.2) is 0 Å². The van der Waals surface area contributed by atoms with Crippen molar-refractivity contribution in [2.75, 3.05) is 5.32 Å². The predicted octanol–water partition coefficient (Wildman–Crippen LogP) is 5.70. The fourth-order valence-electron chi connectivity index (χ4n) is 4.35. The summed E-state index contributed by atoms with van der Waals surface area (Å²) in [5.74, 6) is -0.199. The molecule has 0 bridgehead atoms. The molecule has 0 atom stereocenters. The molecule has 2 aromatic carbocycles. The van der Waals surface area contributed by atoms with Crippen molar-refractivity contribution in [1.82, 2.24) is 5.32 Å². The maximum absolute atomic E-state index is 12.9.